The number of fused-ring (bicyclic) bond motifs is 1. The number of anilines is 1. The molecule has 1 fully saturated rings. The van der Waals surface area contributed by atoms with Crippen LogP contribution in [-0.2, 0) is 19.8 Å². The molecule has 0 N–H and O–H groups in total. The van der Waals surface area contributed by atoms with E-state index in [4.69, 9.17) is 0 Å². The lowest BCUT2D eigenvalue weighted by atomic mass is 9.86. The van der Waals surface area contributed by atoms with Crippen LogP contribution >= 0.6 is 15.9 Å². The minimum Gasteiger partial charge on any atom is -0.273 e. The molecule has 2 aliphatic heterocycles. The zero-order valence-electron chi connectivity index (χ0n) is 11.9. The molecular weight excluding hydrogens is 336 g/mol. The van der Waals surface area contributed by atoms with Crippen molar-refractivity contribution >= 4 is 39.3 Å². The molecule has 3 amide bonds. The van der Waals surface area contributed by atoms with Crippen molar-refractivity contribution in [2.45, 2.75) is 38.5 Å². The quantitative estimate of drug-likeness (QED) is 0.731. The number of imide groups is 1. The van der Waals surface area contributed by atoms with Gasteiger partial charge < -0.3 is 0 Å². The Morgan fingerprint density at radius 1 is 1.05 bits per heavy atom. The van der Waals surface area contributed by atoms with Gasteiger partial charge in [0.15, 0.2) is 0 Å². The zero-order valence-corrected chi connectivity index (χ0v) is 13.4. The smallest absolute Gasteiger partial charge is 0.256 e. The number of rotatable bonds is 1. The number of nitrogens with zero attached hydrogens (tertiary/aromatic N) is 2. The molecule has 1 saturated heterocycles. The van der Waals surface area contributed by atoms with E-state index in [9.17, 15) is 14.4 Å². The highest BCUT2D eigenvalue weighted by Crippen LogP contribution is 2.46. The fraction of sp³-hybridized carbons (Fsp3) is 0.400. The Labute approximate surface area is 131 Å². The molecule has 6 heteroatoms. The SMILES string of the molecule is CC1(C)C(=O)N(N2C(=O)CCCC2=O)c2cccc(Br)c21. The van der Waals surface area contributed by atoms with Crippen molar-refractivity contribution in [1.82, 2.24) is 5.01 Å². The van der Waals surface area contributed by atoms with Gasteiger partial charge in [0.05, 0.1) is 11.1 Å². The minimum absolute atomic E-state index is 0.256. The number of benzene rings is 1. The molecular formula is C15H15BrN2O3. The van der Waals surface area contributed by atoms with Crippen LogP contribution in [0.25, 0.3) is 0 Å². The van der Waals surface area contributed by atoms with Crippen molar-refractivity contribution in [2.75, 3.05) is 5.01 Å². The van der Waals surface area contributed by atoms with Gasteiger partial charge in [-0.2, -0.15) is 5.01 Å². The van der Waals surface area contributed by atoms with E-state index in [1.54, 1.807) is 26.0 Å². The highest BCUT2D eigenvalue weighted by molar-refractivity contribution is 9.10. The first-order valence-electron chi connectivity index (χ1n) is 6.85. The minimum atomic E-state index is -0.784. The molecule has 2 aliphatic rings. The fourth-order valence-electron chi connectivity index (χ4n) is 2.95. The van der Waals surface area contributed by atoms with Crippen molar-refractivity contribution < 1.29 is 14.4 Å². The van der Waals surface area contributed by atoms with Gasteiger partial charge in [0.2, 0.25) is 11.8 Å². The van der Waals surface area contributed by atoms with E-state index in [1.807, 2.05) is 6.07 Å². The highest BCUT2D eigenvalue weighted by Gasteiger charge is 2.50. The van der Waals surface area contributed by atoms with Gasteiger partial charge in [0.25, 0.3) is 5.91 Å². The van der Waals surface area contributed by atoms with E-state index >= 15 is 0 Å². The average Bonchev–Trinajstić information content (AvgIpc) is 2.60. The summed E-state index contributed by atoms with van der Waals surface area (Å²) < 4.78 is 0.803. The number of carbonyl (C=O) groups is 3. The largest absolute Gasteiger partial charge is 0.273 e. The van der Waals surface area contributed by atoms with Crippen LogP contribution in [0.3, 0.4) is 0 Å². The van der Waals surface area contributed by atoms with Gasteiger partial charge in [-0.1, -0.05) is 22.0 Å². The molecule has 0 atom stereocenters. The van der Waals surface area contributed by atoms with E-state index in [-0.39, 0.29) is 17.7 Å². The first kappa shape index (κ1) is 14.3. The molecule has 110 valence electrons. The van der Waals surface area contributed by atoms with E-state index in [2.05, 4.69) is 15.9 Å². The lowest BCUT2D eigenvalue weighted by Crippen LogP contribution is -2.55. The maximum Gasteiger partial charge on any atom is 0.256 e. The summed E-state index contributed by atoms with van der Waals surface area (Å²) >= 11 is 3.46. The molecule has 21 heavy (non-hydrogen) atoms. The Bertz CT molecular complexity index is 653. The molecule has 3 rings (SSSR count). The fourth-order valence-corrected chi connectivity index (χ4v) is 3.80. The van der Waals surface area contributed by atoms with Crippen LogP contribution in [0.5, 0.6) is 0 Å². The summed E-state index contributed by atoms with van der Waals surface area (Å²) in [5.41, 5.74) is 0.622. The summed E-state index contributed by atoms with van der Waals surface area (Å²) in [4.78, 5) is 37.1. The van der Waals surface area contributed by atoms with Gasteiger partial charge in [-0.15, -0.1) is 0 Å². The normalized spacial score (nSPS) is 21.0. The first-order chi connectivity index (χ1) is 9.85. The average molecular weight is 351 g/mol. The van der Waals surface area contributed by atoms with Crippen LogP contribution < -0.4 is 5.01 Å². The van der Waals surface area contributed by atoms with Gasteiger partial charge in [-0.3, -0.25) is 14.4 Å². The number of halogens is 1. The molecule has 0 radical (unpaired) electrons. The van der Waals surface area contributed by atoms with Gasteiger partial charge >= 0.3 is 0 Å². The number of amides is 3. The van der Waals surface area contributed by atoms with E-state index < -0.39 is 5.41 Å². The number of hydrogen-bond acceptors (Lipinski definition) is 3. The molecule has 2 heterocycles. The monoisotopic (exact) mass is 350 g/mol. The Hall–Kier alpha value is -1.69. The van der Waals surface area contributed by atoms with Crippen molar-refractivity contribution in [2.24, 2.45) is 0 Å². The Morgan fingerprint density at radius 2 is 1.67 bits per heavy atom. The second-order valence-electron chi connectivity index (χ2n) is 5.83. The molecule has 1 aromatic carbocycles. The topological polar surface area (TPSA) is 57.7 Å². The summed E-state index contributed by atoms with van der Waals surface area (Å²) in [6.07, 6.45) is 1.13. The second-order valence-corrected chi connectivity index (χ2v) is 6.68. The Kier molecular flexibility index (Phi) is 3.16. The summed E-state index contributed by atoms with van der Waals surface area (Å²) in [5, 5.41) is 2.27. The van der Waals surface area contributed by atoms with Crippen LogP contribution in [0.2, 0.25) is 0 Å². The van der Waals surface area contributed by atoms with Crippen molar-refractivity contribution in [3.8, 4) is 0 Å². The van der Waals surface area contributed by atoms with Gasteiger partial charge in [0.1, 0.15) is 0 Å². The third-order valence-corrected chi connectivity index (χ3v) is 4.69. The predicted molar refractivity (Wildman–Crippen MR) is 80.4 cm³/mol. The van der Waals surface area contributed by atoms with E-state index in [1.165, 1.54) is 5.01 Å². The third-order valence-electron chi connectivity index (χ3n) is 4.03. The highest BCUT2D eigenvalue weighted by atomic mass is 79.9. The first-order valence-corrected chi connectivity index (χ1v) is 7.64. The molecule has 0 bridgehead atoms. The third kappa shape index (κ3) is 1.92. The number of hydrazine groups is 1. The molecule has 0 spiro atoms. The Balaban J connectivity index is 2.17. The van der Waals surface area contributed by atoms with E-state index in [0.29, 0.717) is 24.9 Å². The maximum atomic E-state index is 12.8. The molecule has 0 aliphatic carbocycles. The van der Waals surface area contributed by atoms with Crippen LogP contribution in [0.15, 0.2) is 22.7 Å². The molecule has 0 saturated carbocycles. The molecule has 5 nitrogen and oxygen atoms in total. The summed E-state index contributed by atoms with van der Waals surface area (Å²) in [6.45, 7) is 3.61. The van der Waals surface area contributed by atoms with Crippen LogP contribution in [0.4, 0.5) is 5.69 Å². The van der Waals surface area contributed by atoms with Crippen molar-refractivity contribution in [3.05, 3.63) is 28.2 Å². The Morgan fingerprint density at radius 3 is 2.29 bits per heavy atom. The second kappa shape index (κ2) is 4.66. The van der Waals surface area contributed by atoms with Crippen LogP contribution in [-0.4, -0.2) is 22.7 Å². The van der Waals surface area contributed by atoms with Crippen molar-refractivity contribution in [1.29, 1.82) is 0 Å². The van der Waals surface area contributed by atoms with Gasteiger partial charge in [-0.25, -0.2) is 5.01 Å². The predicted octanol–water partition coefficient (Wildman–Crippen LogP) is 2.53. The van der Waals surface area contributed by atoms with Crippen LogP contribution in [0, 0.1) is 0 Å². The summed E-state index contributed by atoms with van der Waals surface area (Å²) in [6, 6.07) is 5.42. The van der Waals surface area contributed by atoms with Gasteiger partial charge in [-0.05, 0) is 32.4 Å². The van der Waals surface area contributed by atoms with E-state index in [0.717, 1.165) is 15.0 Å². The number of piperidine rings is 1. The standard InChI is InChI=1S/C15H15BrN2O3/c1-15(2)13-9(16)5-3-6-10(13)17(14(15)21)18-11(19)7-4-8-12(18)20/h3,5-6H,4,7-8H2,1-2H3. The van der Waals surface area contributed by atoms with Gasteiger partial charge in [0, 0.05) is 22.9 Å². The zero-order chi connectivity index (χ0) is 15.4. The summed E-state index contributed by atoms with van der Waals surface area (Å²) in [7, 11) is 0. The van der Waals surface area contributed by atoms with Crippen molar-refractivity contribution in [3.63, 3.8) is 0 Å². The summed E-state index contributed by atoms with van der Waals surface area (Å²) in [5.74, 6) is -0.889. The number of carbonyl (C=O) groups excluding carboxylic acids is 3. The number of hydrogen-bond donors (Lipinski definition) is 0. The maximum absolute atomic E-state index is 12.8. The lowest BCUT2D eigenvalue weighted by molar-refractivity contribution is -0.152. The lowest BCUT2D eigenvalue weighted by Gasteiger charge is -2.33. The molecule has 0 aromatic heterocycles. The molecule has 0 unspecified atom stereocenters. The molecule has 1 aromatic rings. The van der Waals surface area contributed by atoms with Crippen LogP contribution in [0.1, 0.15) is 38.7 Å².